The van der Waals surface area contributed by atoms with Crippen LogP contribution in [0, 0.1) is 70.5 Å². The largest absolute Gasteiger partial charge is 0.488 e. The molecule has 0 aromatic heterocycles. The molecule has 17 heteroatoms. The van der Waals surface area contributed by atoms with Gasteiger partial charge in [-0.3, -0.25) is 0 Å². The number of allylic oxidation sites excluding steroid dienone is 1. The van der Waals surface area contributed by atoms with Gasteiger partial charge < -0.3 is 42.6 Å². The number of hydrogen-bond acceptors (Lipinski definition) is 17. The second kappa shape index (κ2) is 51.6. The van der Waals surface area contributed by atoms with Crippen molar-refractivity contribution in [2.75, 3.05) is 0 Å². The molecular weight excluding hydrogens is 1760 g/mol. The highest BCUT2D eigenvalue weighted by atomic mass is 16.6. The van der Waals surface area contributed by atoms with Crippen molar-refractivity contribution in [3.05, 3.63) is 206 Å². The molecule has 12 bridgehead atoms. The number of carbonyl (C=O) groups is 8. The highest BCUT2D eigenvalue weighted by Gasteiger charge is 2.61. The highest BCUT2D eigenvalue weighted by molar-refractivity contribution is 5.91. The van der Waals surface area contributed by atoms with Crippen molar-refractivity contribution >= 4 is 58.5 Å². The first kappa shape index (κ1) is 119. The van der Waals surface area contributed by atoms with Crippen LogP contribution < -0.4 is 0 Å². The van der Waals surface area contributed by atoms with Gasteiger partial charge in [0.05, 0.1) is 0 Å². The summed E-state index contributed by atoms with van der Waals surface area (Å²) in [6.07, 6.45) is 43.9. The molecule has 18 rings (SSSR count). The first-order chi connectivity index (χ1) is 65.8. The Kier molecular flexibility index (Phi) is 43.5. The topological polar surface area (TPSA) is 220 Å². The van der Waals surface area contributed by atoms with Gasteiger partial charge in [0, 0.05) is 50.0 Å². The molecular formula is C124H184O17. The van der Waals surface area contributed by atoms with E-state index in [0.29, 0.717) is 68.3 Å². The third-order valence-electron chi connectivity index (χ3n) is 32.8. The maximum absolute atomic E-state index is 12.0. The van der Waals surface area contributed by atoms with Crippen molar-refractivity contribution in [3.8, 4) is 0 Å². The summed E-state index contributed by atoms with van der Waals surface area (Å²) in [7, 11) is 0. The summed E-state index contributed by atoms with van der Waals surface area (Å²) in [6.45, 7) is 80.3. The number of fused-ring (bicyclic) bond motifs is 1. The maximum atomic E-state index is 12.0. The van der Waals surface area contributed by atoms with Crippen molar-refractivity contribution < 1.29 is 81.0 Å². The summed E-state index contributed by atoms with van der Waals surface area (Å²) in [5.74, 6) is 7.40. The molecule has 3 aromatic carbocycles. The van der Waals surface area contributed by atoms with Gasteiger partial charge in [-0.15, -0.1) is 0 Å². The van der Waals surface area contributed by atoms with E-state index in [2.05, 4.69) is 132 Å². The maximum Gasteiger partial charge on any atom is 0.333 e. The summed E-state index contributed by atoms with van der Waals surface area (Å²) in [4.78, 5) is 92.8. The smallest absolute Gasteiger partial charge is 0.333 e. The predicted octanol–water partition coefficient (Wildman–Crippen LogP) is 31.3. The minimum Gasteiger partial charge on any atom is -0.488 e. The summed E-state index contributed by atoms with van der Waals surface area (Å²) in [5.41, 5.74) is 4.25. The predicted molar refractivity (Wildman–Crippen MR) is 572 cm³/mol. The molecule has 141 heavy (non-hydrogen) atoms. The van der Waals surface area contributed by atoms with Crippen LogP contribution >= 0.6 is 0 Å². The van der Waals surface area contributed by atoms with Gasteiger partial charge in [0.25, 0.3) is 0 Å². The Morgan fingerprint density at radius 2 is 0.596 bits per heavy atom. The van der Waals surface area contributed by atoms with Crippen molar-refractivity contribution in [3.63, 3.8) is 0 Å². The monoisotopic (exact) mass is 1950 g/mol. The quantitative estimate of drug-likeness (QED) is 0.0253. The number of rotatable bonds is 25. The Balaban J connectivity index is 0.000000217. The minimum absolute atomic E-state index is 0.0794. The van der Waals surface area contributed by atoms with Gasteiger partial charge in [-0.1, -0.05) is 186 Å². The van der Waals surface area contributed by atoms with E-state index in [9.17, 15) is 38.4 Å². The summed E-state index contributed by atoms with van der Waals surface area (Å²) in [5, 5.41) is 2.31. The SMILES string of the molecule is C=C(C)C(=C)OC1(CC)CCCC1.C=C(C)C(=O)OC(C)(C)C.C=C(C)C(=O)OC(C)(C)C12CC3CC(CC(C3)C1)C2.C=C(C)C(=O)OC(C)(C)c1ccc2ccccc2c1.C=C(C)C(=O)OC(C)(C)c1ccccc1.C=C(C)C(=O)OC1(C)C2CC3CC(C2)CC1C3.C=C(C)C(=O)OC1(CC)C2CC3CC(C2)CC1C3.C=C(C)C(=O)OC1(CC)CCCCC1.C=C(C)C(=O)OC1(CC)CCCCCCC1. The fraction of sp³-hybridized carbons (Fsp3) is 0.645. The van der Waals surface area contributed by atoms with Crippen LogP contribution in [0.15, 0.2) is 195 Å². The average molecular weight is 1950 g/mol. The lowest BCUT2D eigenvalue weighted by molar-refractivity contribution is -0.207. The van der Waals surface area contributed by atoms with Gasteiger partial charge in [-0.25, -0.2) is 38.4 Å². The van der Waals surface area contributed by atoms with Gasteiger partial charge in [0.2, 0.25) is 0 Å². The molecule has 15 saturated carbocycles. The number of carbonyl (C=O) groups excluding carboxylic acids is 8. The van der Waals surface area contributed by atoms with E-state index in [4.69, 9.17) is 42.6 Å². The van der Waals surface area contributed by atoms with Crippen molar-refractivity contribution in [1.82, 2.24) is 0 Å². The molecule has 782 valence electrons. The Morgan fingerprint density at radius 1 is 0.298 bits per heavy atom. The molecule has 0 spiro atoms. The van der Waals surface area contributed by atoms with E-state index in [0.717, 1.165) is 121 Å². The van der Waals surface area contributed by atoms with Crippen LogP contribution in [0.25, 0.3) is 10.8 Å². The van der Waals surface area contributed by atoms with Gasteiger partial charge in [-0.05, 0) is 436 Å². The van der Waals surface area contributed by atoms with Gasteiger partial charge >= 0.3 is 47.8 Å². The highest BCUT2D eigenvalue weighted by Crippen LogP contribution is 2.66. The zero-order valence-electron chi connectivity index (χ0n) is 91.7. The fourth-order valence-electron chi connectivity index (χ4n) is 24.7. The number of esters is 8. The van der Waals surface area contributed by atoms with Crippen LogP contribution in [0.5, 0.6) is 0 Å². The molecule has 15 aliphatic carbocycles. The number of ether oxygens (including phenoxy) is 9. The van der Waals surface area contributed by atoms with Crippen molar-refractivity contribution in [2.24, 2.45) is 70.5 Å². The summed E-state index contributed by atoms with van der Waals surface area (Å²) in [6, 6.07) is 23.9. The van der Waals surface area contributed by atoms with E-state index in [1.165, 1.54) is 185 Å². The van der Waals surface area contributed by atoms with Gasteiger partial charge in [0.1, 0.15) is 56.2 Å². The van der Waals surface area contributed by atoms with E-state index in [1.807, 2.05) is 110 Å². The molecule has 0 aliphatic heterocycles. The Bertz CT molecular complexity index is 4790. The van der Waals surface area contributed by atoms with E-state index < -0.39 is 16.8 Å². The summed E-state index contributed by atoms with van der Waals surface area (Å²) < 4.78 is 50.6. The van der Waals surface area contributed by atoms with Crippen LogP contribution in [0.2, 0.25) is 0 Å². The Hall–Kier alpha value is -9.12. The minimum atomic E-state index is -0.667. The standard InChI is InChI=1S/C17H26O2.C17H18O2.C16H24O2.C15H22O2.C14H24O2.C13H16O2.C12H20O2.C12H20O.C8H14O2/c1-11(2)15(18)19-16(3,4)17-8-12-5-13(9-17)7-14(6-12)10-17;1-12(2)16(18)19-17(3,4)15-10-9-13-7-5-6-8-14(13)11-15;1-4-16(18-15(17)10(2)3)13-6-11-5-12(8-13)9-14(16)7-11;1-9(2)14(16)17-15(3)12-5-10-4-11(7-12)8-13(15)6-10;1-4-14(16-13(15)12(2)3)10-8-6-5-7-9-11-14;1-10(2)12(14)15-13(3,4)11-8-6-5-7-9-11;1-4-12(8-6-5-7-9-12)14-11(13)10(2)3;1-5-12(8-6-7-9-12)13-11(4)10(2)3;1-6(2)7(9)10-8(3,4)5/h12-14H,1,5-10H2,2-4H3;5-11H,1H2,2-4H3;11-14H,2,4-9H2,1,3H3;10-13H,1,4-8H2,2-3H3;2,4-11H2,1,3H3;5-9H,1H2,2-4H3;2,4-9H2,1,3H3;2,4-9H2,1,3H3;1H2,2-5H3. The molecule has 0 radical (unpaired) electrons. The Labute approximate surface area is 851 Å². The van der Waals surface area contributed by atoms with E-state index in [-0.39, 0.29) is 86.8 Å². The van der Waals surface area contributed by atoms with Crippen molar-refractivity contribution in [1.29, 1.82) is 0 Å². The molecule has 0 amide bonds. The normalized spacial score (nSPS) is 26.4. The average Bonchev–Trinajstić information content (AvgIpc) is 0.777. The zero-order valence-corrected chi connectivity index (χ0v) is 91.7. The molecule has 0 heterocycles. The molecule has 3 aromatic rings. The molecule has 15 aliphatic rings. The third-order valence-corrected chi connectivity index (χ3v) is 32.8. The second-order valence-electron chi connectivity index (χ2n) is 47.2. The second-order valence-corrected chi connectivity index (χ2v) is 47.2. The molecule has 0 unspecified atom stereocenters. The molecule has 0 N–H and O–H groups in total. The summed E-state index contributed by atoms with van der Waals surface area (Å²) >= 11 is 0. The molecule has 0 atom stereocenters. The van der Waals surface area contributed by atoms with Crippen LogP contribution in [0.3, 0.4) is 0 Å². The lowest BCUT2D eigenvalue weighted by Crippen LogP contribution is -2.59. The van der Waals surface area contributed by atoms with E-state index >= 15 is 0 Å². The van der Waals surface area contributed by atoms with E-state index in [1.54, 1.807) is 55.4 Å². The number of hydrogen-bond donors (Lipinski definition) is 0. The molecule has 0 saturated heterocycles. The third kappa shape index (κ3) is 33.5. The van der Waals surface area contributed by atoms with Crippen LogP contribution in [0.1, 0.15) is 402 Å². The van der Waals surface area contributed by atoms with Crippen LogP contribution in [-0.2, 0) is 92.2 Å². The number of benzene rings is 3. The van der Waals surface area contributed by atoms with Crippen LogP contribution in [0.4, 0.5) is 0 Å². The first-order valence-electron chi connectivity index (χ1n) is 53.5. The lowest BCUT2D eigenvalue weighted by atomic mass is 9.46. The fourth-order valence-corrected chi connectivity index (χ4v) is 24.7. The zero-order chi connectivity index (χ0) is 105. The molecule has 15 fully saturated rings. The lowest BCUT2D eigenvalue weighted by Gasteiger charge is -2.61. The Morgan fingerprint density at radius 3 is 0.943 bits per heavy atom. The van der Waals surface area contributed by atoms with Gasteiger partial charge in [-0.2, -0.15) is 0 Å². The molecule has 17 nitrogen and oxygen atoms in total. The van der Waals surface area contributed by atoms with Gasteiger partial charge in [0.15, 0.2) is 0 Å². The first-order valence-corrected chi connectivity index (χ1v) is 53.5. The van der Waals surface area contributed by atoms with Crippen molar-refractivity contribution in [2.45, 2.75) is 441 Å². The van der Waals surface area contributed by atoms with Crippen LogP contribution in [-0.4, -0.2) is 87.0 Å².